The lowest BCUT2D eigenvalue weighted by Crippen LogP contribution is -2.27. The van der Waals surface area contributed by atoms with Gasteiger partial charge in [-0.1, -0.05) is 35.9 Å². The second kappa shape index (κ2) is 8.19. The van der Waals surface area contributed by atoms with Crippen molar-refractivity contribution in [2.24, 2.45) is 0 Å². The number of Topliss-reactive ketones (excluding diaryl/α,β-unsaturated/α-hetero) is 1. The minimum Gasteiger partial charge on any atom is -0.340 e. The number of benzene rings is 2. The van der Waals surface area contributed by atoms with Crippen molar-refractivity contribution in [2.45, 2.75) is 0 Å². The first-order valence-corrected chi connectivity index (χ1v) is 8.55. The third kappa shape index (κ3) is 4.15. The summed E-state index contributed by atoms with van der Waals surface area (Å²) in [4.78, 5) is 14.5. The molecule has 5 heteroatoms. The van der Waals surface area contributed by atoms with E-state index >= 15 is 0 Å². The smallest absolute Gasteiger partial charge is 0.182 e. The first-order chi connectivity index (χ1) is 13.1. The molecule has 4 nitrogen and oxygen atoms in total. The summed E-state index contributed by atoms with van der Waals surface area (Å²) in [6, 6.07) is 18.2. The lowest BCUT2D eigenvalue weighted by Gasteiger charge is -2.27. The summed E-state index contributed by atoms with van der Waals surface area (Å²) in [7, 11) is 0. The van der Waals surface area contributed by atoms with Crippen LogP contribution in [-0.2, 0) is 0 Å². The fourth-order valence-corrected chi connectivity index (χ4v) is 2.87. The molecule has 130 valence electrons. The number of nitriles is 2. The van der Waals surface area contributed by atoms with Crippen LogP contribution in [0, 0.1) is 22.7 Å². The second-order valence-electron chi connectivity index (χ2n) is 5.82. The van der Waals surface area contributed by atoms with E-state index in [9.17, 15) is 4.79 Å². The highest BCUT2D eigenvalue weighted by molar-refractivity contribution is 6.30. The fourth-order valence-electron chi connectivity index (χ4n) is 2.75. The normalized spacial score (nSPS) is 13.4. The van der Waals surface area contributed by atoms with E-state index in [1.165, 1.54) is 6.08 Å². The molecule has 1 aliphatic rings. The molecule has 0 aliphatic carbocycles. The molecule has 0 radical (unpaired) electrons. The maximum atomic E-state index is 12.6. The number of allylic oxidation sites excluding steroid dienone is 5. The molecule has 27 heavy (non-hydrogen) atoms. The van der Waals surface area contributed by atoms with E-state index in [0.29, 0.717) is 10.6 Å². The van der Waals surface area contributed by atoms with Gasteiger partial charge in [-0.25, -0.2) is 0 Å². The summed E-state index contributed by atoms with van der Waals surface area (Å²) >= 11 is 5.88. The number of carbonyl (C=O) groups excluding carboxylic acids is 1. The molecule has 0 atom stereocenters. The van der Waals surface area contributed by atoms with Crippen LogP contribution in [0.15, 0.2) is 78.5 Å². The number of halogens is 1. The number of nitrogens with zero attached hydrogens (tertiary/aromatic N) is 3. The number of carbonyl (C=O) groups is 1. The Kier molecular flexibility index (Phi) is 5.52. The predicted molar refractivity (Wildman–Crippen MR) is 106 cm³/mol. The Hall–Kier alpha value is -3.60. The highest BCUT2D eigenvalue weighted by atomic mass is 35.5. The van der Waals surface area contributed by atoms with E-state index in [1.807, 2.05) is 53.6 Å². The maximum Gasteiger partial charge on any atom is 0.182 e. The van der Waals surface area contributed by atoms with Gasteiger partial charge in [-0.3, -0.25) is 4.79 Å². The minimum atomic E-state index is -0.0188. The summed E-state index contributed by atoms with van der Waals surface area (Å²) in [5, 5.41) is 18.3. The molecule has 0 aromatic heterocycles. The Morgan fingerprint density at radius 2 is 1.78 bits per heavy atom. The summed E-state index contributed by atoms with van der Waals surface area (Å²) in [5.74, 6) is -0.0188. The van der Waals surface area contributed by atoms with Gasteiger partial charge in [0.05, 0.1) is 6.54 Å². The van der Waals surface area contributed by atoms with Gasteiger partial charge in [0.2, 0.25) is 0 Å². The van der Waals surface area contributed by atoms with Gasteiger partial charge < -0.3 is 4.90 Å². The Labute approximate surface area is 162 Å². The van der Waals surface area contributed by atoms with Crippen LogP contribution in [0.5, 0.6) is 0 Å². The van der Waals surface area contributed by atoms with Crippen molar-refractivity contribution in [1.29, 1.82) is 10.5 Å². The van der Waals surface area contributed by atoms with Crippen molar-refractivity contribution in [1.82, 2.24) is 0 Å². The van der Waals surface area contributed by atoms with Gasteiger partial charge in [-0.2, -0.15) is 10.5 Å². The van der Waals surface area contributed by atoms with E-state index < -0.39 is 0 Å². The van der Waals surface area contributed by atoms with Crippen LogP contribution in [0.25, 0.3) is 5.57 Å². The molecule has 0 amide bonds. The Morgan fingerprint density at radius 1 is 1.07 bits per heavy atom. The van der Waals surface area contributed by atoms with E-state index in [0.717, 1.165) is 16.8 Å². The number of fused-ring (bicyclic) bond motifs is 1. The number of ketones is 1. The quantitative estimate of drug-likeness (QED) is 0.565. The van der Waals surface area contributed by atoms with Gasteiger partial charge >= 0.3 is 0 Å². The summed E-state index contributed by atoms with van der Waals surface area (Å²) in [5.41, 5.74) is 3.31. The maximum absolute atomic E-state index is 12.6. The highest BCUT2D eigenvalue weighted by Gasteiger charge is 2.18. The van der Waals surface area contributed by atoms with Gasteiger partial charge in [0, 0.05) is 28.0 Å². The summed E-state index contributed by atoms with van der Waals surface area (Å²) in [6.45, 7) is 0.194. The third-order valence-electron chi connectivity index (χ3n) is 4.11. The molecule has 0 spiro atoms. The number of rotatable bonds is 4. The second-order valence-corrected chi connectivity index (χ2v) is 6.25. The molecule has 0 unspecified atom stereocenters. The van der Waals surface area contributed by atoms with Crippen molar-refractivity contribution in [3.05, 3.63) is 94.7 Å². The summed E-state index contributed by atoms with van der Waals surface area (Å²) < 4.78 is 0. The Morgan fingerprint density at radius 3 is 2.48 bits per heavy atom. The SMILES string of the molecule is N#CC(C#N)=C/C=C1/C=CN(CC(=O)c2ccc(Cl)cc2)c2ccccc21. The molecule has 0 fully saturated rings. The van der Waals surface area contributed by atoms with Crippen LogP contribution in [0.3, 0.4) is 0 Å². The van der Waals surface area contributed by atoms with Gasteiger partial charge in [0.1, 0.15) is 17.7 Å². The molecule has 0 saturated heterocycles. The standard InChI is InChI=1S/C22H14ClN3O/c23-19-9-7-18(8-10-19)22(27)15-26-12-11-17(6-5-16(13-24)14-25)20-3-1-2-4-21(20)26/h1-12H,15H2/b17-6-. The van der Waals surface area contributed by atoms with Crippen molar-refractivity contribution in [2.75, 3.05) is 11.4 Å². The molecule has 0 N–H and O–H groups in total. The van der Waals surface area contributed by atoms with E-state index in [4.69, 9.17) is 22.1 Å². The van der Waals surface area contributed by atoms with Crippen LogP contribution in [0.1, 0.15) is 15.9 Å². The van der Waals surface area contributed by atoms with Crippen LogP contribution >= 0.6 is 11.6 Å². The molecule has 1 aliphatic heterocycles. The van der Waals surface area contributed by atoms with E-state index in [1.54, 1.807) is 30.3 Å². The first-order valence-electron chi connectivity index (χ1n) is 8.17. The zero-order valence-corrected chi connectivity index (χ0v) is 15.0. The molecule has 2 aromatic rings. The number of hydrogen-bond acceptors (Lipinski definition) is 4. The zero-order chi connectivity index (χ0) is 19.2. The average Bonchev–Trinajstić information content (AvgIpc) is 2.70. The lowest BCUT2D eigenvalue weighted by atomic mass is 9.98. The fraction of sp³-hybridized carbons (Fsp3) is 0.0455. The number of hydrogen-bond donors (Lipinski definition) is 0. The summed E-state index contributed by atoms with van der Waals surface area (Å²) in [6.07, 6.45) is 6.91. The van der Waals surface area contributed by atoms with E-state index in [2.05, 4.69) is 0 Å². The van der Waals surface area contributed by atoms with Crippen LogP contribution in [0.2, 0.25) is 5.02 Å². The average molecular weight is 372 g/mol. The first kappa shape index (κ1) is 18.2. The van der Waals surface area contributed by atoms with Crippen molar-refractivity contribution in [3.8, 4) is 12.1 Å². The molecule has 3 rings (SSSR count). The zero-order valence-electron chi connectivity index (χ0n) is 14.3. The van der Waals surface area contributed by atoms with Crippen molar-refractivity contribution >= 4 is 28.6 Å². The van der Waals surface area contributed by atoms with Crippen LogP contribution in [0.4, 0.5) is 5.69 Å². The predicted octanol–water partition coefficient (Wildman–Crippen LogP) is 4.91. The molecular weight excluding hydrogens is 358 g/mol. The topological polar surface area (TPSA) is 67.9 Å². The molecular formula is C22H14ClN3O. The number of para-hydroxylation sites is 1. The van der Waals surface area contributed by atoms with Crippen LogP contribution in [-0.4, -0.2) is 12.3 Å². The Balaban J connectivity index is 1.89. The van der Waals surface area contributed by atoms with Gasteiger partial charge in [0.15, 0.2) is 5.78 Å². The van der Waals surface area contributed by atoms with Crippen molar-refractivity contribution in [3.63, 3.8) is 0 Å². The molecule has 0 saturated carbocycles. The van der Waals surface area contributed by atoms with Gasteiger partial charge in [-0.15, -0.1) is 0 Å². The van der Waals surface area contributed by atoms with E-state index in [-0.39, 0.29) is 17.9 Å². The van der Waals surface area contributed by atoms with Crippen LogP contribution < -0.4 is 4.90 Å². The van der Waals surface area contributed by atoms with Gasteiger partial charge in [0.25, 0.3) is 0 Å². The minimum absolute atomic E-state index is 0.0188. The number of anilines is 1. The molecule has 1 heterocycles. The molecule has 0 bridgehead atoms. The molecule has 2 aromatic carbocycles. The van der Waals surface area contributed by atoms with Gasteiger partial charge in [-0.05, 0) is 48.1 Å². The third-order valence-corrected chi connectivity index (χ3v) is 4.36. The highest BCUT2D eigenvalue weighted by Crippen LogP contribution is 2.32. The largest absolute Gasteiger partial charge is 0.340 e. The Bertz CT molecular complexity index is 1030. The lowest BCUT2D eigenvalue weighted by molar-refractivity contribution is 0.100. The van der Waals surface area contributed by atoms with Crippen molar-refractivity contribution < 1.29 is 4.79 Å². The monoisotopic (exact) mass is 371 g/mol.